The van der Waals surface area contributed by atoms with Gasteiger partial charge in [0.1, 0.15) is 5.82 Å². The molecule has 1 aliphatic heterocycles. The number of carbonyl (C=O) groups is 1. The third-order valence-electron chi connectivity index (χ3n) is 5.53. The van der Waals surface area contributed by atoms with Gasteiger partial charge in [0.05, 0.1) is 23.2 Å². The number of allylic oxidation sites excluding steroid dienone is 3. The second kappa shape index (κ2) is 7.18. The number of benzene rings is 2. The van der Waals surface area contributed by atoms with Crippen LogP contribution in [0.25, 0.3) is 0 Å². The van der Waals surface area contributed by atoms with Gasteiger partial charge < -0.3 is 5.73 Å². The summed E-state index contributed by atoms with van der Waals surface area (Å²) in [4.78, 5) is 14.9. The van der Waals surface area contributed by atoms with Crippen molar-refractivity contribution in [1.82, 2.24) is 0 Å². The van der Waals surface area contributed by atoms with Crippen LogP contribution < -0.4 is 10.6 Å². The van der Waals surface area contributed by atoms with Crippen molar-refractivity contribution in [1.29, 1.82) is 5.26 Å². The first-order chi connectivity index (χ1) is 13.5. The predicted molar refractivity (Wildman–Crippen MR) is 111 cm³/mol. The Morgan fingerprint density at radius 2 is 1.89 bits per heavy atom. The first kappa shape index (κ1) is 18.3. The Bertz CT molecular complexity index is 1060. The molecule has 0 radical (unpaired) electrons. The van der Waals surface area contributed by atoms with E-state index in [2.05, 4.69) is 6.07 Å². The van der Waals surface area contributed by atoms with Gasteiger partial charge >= 0.3 is 0 Å². The van der Waals surface area contributed by atoms with E-state index in [4.69, 9.17) is 17.3 Å². The summed E-state index contributed by atoms with van der Waals surface area (Å²) in [5, 5.41) is 10.6. The first-order valence-electron chi connectivity index (χ1n) is 9.30. The minimum Gasteiger partial charge on any atom is -0.384 e. The zero-order valence-electron chi connectivity index (χ0n) is 15.6. The van der Waals surface area contributed by atoms with Gasteiger partial charge in [-0.05, 0) is 43.0 Å². The maximum absolute atomic E-state index is 13.0. The number of hydrogen-bond acceptors (Lipinski definition) is 4. The number of nitrogens with two attached hydrogens (primary N) is 1. The van der Waals surface area contributed by atoms with Gasteiger partial charge in [-0.15, -0.1) is 0 Å². The third kappa shape index (κ3) is 2.80. The molecule has 0 saturated heterocycles. The van der Waals surface area contributed by atoms with Gasteiger partial charge in [-0.2, -0.15) is 5.26 Å². The number of nitriles is 1. The molecular formula is C23H20ClN3O. The monoisotopic (exact) mass is 389 g/mol. The predicted octanol–water partition coefficient (Wildman–Crippen LogP) is 4.95. The average molecular weight is 390 g/mol. The lowest BCUT2D eigenvalue weighted by Crippen LogP contribution is -2.39. The van der Waals surface area contributed by atoms with Crippen molar-refractivity contribution in [2.75, 3.05) is 4.90 Å². The van der Waals surface area contributed by atoms with Crippen molar-refractivity contribution in [3.8, 4) is 6.07 Å². The third-order valence-corrected chi connectivity index (χ3v) is 5.94. The topological polar surface area (TPSA) is 70.1 Å². The minimum absolute atomic E-state index is 0.0834. The normalized spacial score (nSPS) is 19.5. The lowest BCUT2D eigenvalue weighted by molar-refractivity contribution is -0.116. The Morgan fingerprint density at radius 3 is 2.61 bits per heavy atom. The van der Waals surface area contributed by atoms with Crippen LogP contribution in [0.2, 0.25) is 5.02 Å². The molecule has 4 nitrogen and oxygen atoms in total. The zero-order valence-corrected chi connectivity index (χ0v) is 16.3. The lowest BCUT2D eigenvalue weighted by Gasteiger charge is -2.40. The van der Waals surface area contributed by atoms with Gasteiger partial charge in [0.15, 0.2) is 5.78 Å². The quantitative estimate of drug-likeness (QED) is 0.788. The number of halogens is 1. The van der Waals surface area contributed by atoms with Gasteiger partial charge in [0, 0.05) is 22.7 Å². The van der Waals surface area contributed by atoms with Crippen molar-refractivity contribution in [3.63, 3.8) is 0 Å². The molecular weight excluding hydrogens is 370 g/mol. The second-order valence-electron chi connectivity index (χ2n) is 7.11. The molecule has 2 aliphatic rings. The Kier molecular flexibility index (Phi) is 4.70. The number of carbonyl (C=O) groups excluding carboxylic acids is 1. The second-order valence-corrected chi connectivity index (χ2v) is 7.52. The molecule has 140 valence electrons. The lowest BCUT2D eigenvalue weighted by atomic mass is 9.75. The molecule has 4 rings (SSSR count). The van der Waals surface area contributed by atoms with Crippen LogP contribution in [0.1, 0.15) is 36.3 Å². The van der Waals surface area contributed by atoms with Crippen LogP contribution in [0, 0.1) is 18.3 Å². The molecule has 0 amide bonds. The molecule has 2 N–H and O–H groups in total. The van der Waals surface area contributed by atoms with Crippen LogP contribution in [-0.4, -0.2) is 5.78 Å². The highest BCUT2D eigenvalue weighted by Crippen LogP contribution is 2.47. The number of rotatable bonds is 2. The minimum atomic E-state index is -0.426. The summed E-state index contributed by atoms with van der Waals surface area (Å²) < 4.78 is 0. The van der Waals surface area contributed by atoms with Crippen molar-refractivity contribution in [2.24, 2.45) is 5.73 Å². The van der Waals surface area contributed by atoms with E-state index in [0.29, 0.717) is 28.4 Å². The summed E-state index contributed by atoms with van der Waals surface area (Å²) in [6.45, 7) is 1.92. The van der Waals surface area contributed by atoms with E-state index in [9.17, 15) is 10.1 Å². The number of anilines is 1. The van der Waals surface area contributed by atoms with Crippen molar-refractivity contribution in [3.05, 3.63) is 87.3 Å². The van der Waals surface area contributed by atoms with Gasteiger partial charge in [0.25, 0.3) is 0 Å². The maximum Gasteiger partial charge on any atom is 0.161 e. The van der Waals surface area contributed by atoms with E-state index in [1.165, 1.54) is 0 Å². The molecule has 1 aliphatic carbocycles. The number of ketones is 1. The average Bonchev–Trinajstić information content (AvgIpc) is 2.71. The fourth-order valence-electron chi connectivity index (χ4n) is 4.18. The Balaban J connectivity index is 2.01. The molecule has 0 fully saturated rings. The van der Waals surface area contributed by atoms with Crippen LogP contribution >= 0.6 is 11.6 Å². The van der Waals surface area contributed by atoms with Crippen molar-refractivity contribution >= 4 is 23.1 Å². The van der Waals surface area contributed by atoms with Crippen LogP contribution in [-0.2, 0) is 4.79 Å². The maximum atomic E-state index is 13.0. The van der Waals surface area contributed by atoms with Crippen LogP contribution in [0.4, 0.5) is 5.69 Å². The Morgan fingerprint density at radius 1 is 1.14 bits per heavy atom. The standard InChI is InChI=1S/C23H20ClN3O/c1-14-17(24)9-5-10-18(14)27-19-11-6-12-20(28)22(19)21(16(13-25)23(27)26)15-7-3-2-4-8-15/h2-5,7-10,21H,6,11-12,26H2,1H3. The molecule has 2 aromatic rings. The summed E-state index contributed by atoms with van der Waals surface area (Å²) in [5.41, 5.74) is 11.1. The summed E-state index contributed by atoms with van der Waals surface area (Å²) in [6, 6.07) is 17.5. The molecule has 0 saturated carbocycles. The molecule has 2 aromatic carbocycles. The highest BCUT2D eigenvalue weighted by molar-refractivity contribution is 6.31. The fraction of sp³-hybridized carbons (Fsp3) is 0.217. The molecule has 0 bridgehead atoms. The fourth-order valence-corrected chi connectivity index (χ4v) is 4.35. The van der Waals surface area contributed by atoms with E-state index < -0.39 is 5.92 Å². The molecule has 28 heavy (non-hydrogen) atoms. The Hall–Kier alpha value is -3.03. The largest absolute Gasteiger partial charge is 0.384 e. The van der Waals surface area contributed by atoms with E-state index in [1.54, 1.807) is 0 Å². The molecule has 0 spiro atoms. The molecule has 1 atom stereocenters. The van der Waals surface area contributed by atoms with Crippen LogP contribution in [0.5, 0.6) is 0 Å². The van der Waals surface area contributed by atoms with Gasteiger partial charge in [-0.3, -0.25) is 9.69 Å². The molecule has 1 heterocycles. The summed E-state index contributed by atoms with van der Waals surface area (Å²) in [7, 11) is 0. The smallest absolute Gasteiger partial charge is 0.161 e. The molecule has 1 unspecified atom stereocenters. The van der Waals surface area contributed by atoms with Crippen LogP contribution in [0.15, 0.2) is 71.2 Å². The number of nitrogens with zero attached hydrogens (tertiary/aromatic N) is 2. The van der Waals surface area contributed by atoms with Crippen molar-refractivity contribution in [2.45, 2.75) is 32.1 Å². The Labute approximate surface area is 169 Å². The van der Waals surface area contributed by atoms with E-state index in [1.807, 2.05) is 60.4 Å². The van der Waals surface area contributed by atoms with E-state index in [0.717, 1.165) is 35.4 Å². The number of Topliss-reactive ketones (excluding diaryl/α,β-unsaturated/α-hetero) is 1. The SMILES string of the molecule is Cc1c(Cl)cccc1N1C(N)=C(C#N)C(c2ccccc2)C2=C1CCCC2=O. The van der Waals surface area contributed by atoms with Crippen molar-refractivity contribution < 1.29 is 4.79 Å². The molecule has 5 heteroatoms. The summed E-state index contributed by atoms with van der Waals surface area (Å²) >= 11 is 6.35. The van der Waals surface area contributed by atoms with Gasteiger partial charge in [-0.25, -0.2) is 0 Å². The molecule has 0 aromatic heterocycles. The highest BCUT2D eigenvalue weighted by atomic mass is 35.5. The van der Waals surface area contributed by atoms with Gasteiger partial charge in [0.2, 0.25) is 0 Å². The highest BCUT2D eigenvalue weighted by Gasteiger charge is 2.40. The number of hydrogen-bond donors (Lipinski definition) is 1. The van der Waals surface area contributed by atoms with Gasteiger partial charge in [-0.1, -0.05) is 48.0 Å². The van der Waals surface area contributed by atoms with E-state index >= 15 is 0 Å². The van der Waals surface area contributed by atoms with E-state index in [-0.39, 0.29) is 5.78 Å². The summed E-state index contributed by atoms with van der Waals surface area (Å²) in [6.07, 6.45) is 1.99. The zero-order chi connectivity index (χ0) is 19.8. The summed E-state index contributed by atoms with van der Waals surface area (Å²) in [5.74, 6) is 0.0277. The van der Waals surface area contributed by atoms with Crippen LogP contribution in [0.3, 0.4) is 0 Å². The first-order valence-corrected chi connectivity index (χ1v) is 9.68.